The van der Waals surface area contributed by atoms with E-state index in [9.17, 15) is 17.4 Å². The Kier molecular flexibility index (Phi) is 5.13. The highest BCUT2D eigenvalue weighted by Gasteiger charge is 2.33. The van der Waals surface area contributed by atoms with Gasteiger partial charge in [0.2, 0.25) is 0 Å². The molecule has 0 radical (unpaired) electrons. The van der Waals surface area contributed by atoms with E-state index in [1.165, 1.54) is 0 Å². The molecule has 1 unspecified atom stereocenters. The Morgan fingerprint density at radius 3 is 2.33 bits per heavy atom. The molecule has 5 nitrogen and oxygen atoms in total. The summed E-state index contributed by atoms with van der Waals surface area (Å²) in [5.41, 5.74) is 4.72. The first-order valence-corrected chi connectivity index (χ1v) is 8.40. The van der Waals surface area contributed by atoms with Crippen LogP contribution in [0.15, 0.2) is 17.0 Å². The fourth-order valence-electron chi connectivity index (χ4n) is 1.94. The van der Waals surface area contributed by atoms with E-state index in [4.69, 9.17) is 35.5 Å². The standard InChI is InChI=1S/C13H9Cl2F3N4OS/c1-3-24(23)10-11(19)22(21-12(10)20-2)9-7(14)4-6(5-8(9)15)13(16,17)18/h4-5H,3,19H2,1H3. The minimum atomic E-state index is -4.63. The van der Waals surface area contributed by atoms with Crippen LogP contribution in [-0.2, 0) is 17.0 Å². The van der Waals surface area contributed by atoms with Crippen molar-refractivity contribution in [3.63, 3.8) is 0 Å². The van der Waals surface area contributed by atoms with E-state index in [0.29, 0.717) is 12.1 Å². The Morgan fingerprint density at radius 1 is 1.38 bits per heavy atom. The van der Waals surface area contributed by atoms with Crippen molar-refractivity contribution in [3.8, 4) is 5.69 Å². The highest BCUT2D eigenvalue weighted by Crippen LogP contribution is 2.40. The highest BCUT2D eigenvalue weighted by molar-refractivity contribution is 7.85. The normalized spacial score (nSPS) is 12.9. The van der Waals surface area contributed by atoms with Gasteiger partial charge in [0.15, 0.2) is 5.82 Å². The maximum Gasteiger partial charge on any atom is 0.416 e. The lowest BCUT2D eigenvalue weighted by Gasteiger charge is -2.11. The fourth-order valence-corrected chi connectivity index (χ4v) is 3.49. The molecule has 0 fully saturated rings. The summed E-state index contributed by atoms with van der Waals surface area (Å²) in [5.74, 6) is -0.197. The average molecular weight is 397 g/mol. The number of nitrogen functional groups attached to an aromatic ring is 1. The van der Waals surface area contributed by atoms with Crippen LogP contribution in [-0.4, -0.2) is 19.7 Å². The molecule has 1 atom stereocenters. The van der Waals surface area contributed by atoms with Crippen LogP contribution in [0.2, 0.25) is 10.0 Å². The molecule has 0 bridgehead atoms. The van der Waals surface area contributed by atoms with E-state index in [-0.39, 0.29) is 38.0 Å². The number of anilines is 1. The van der Waals surface area contributed by atoms with Crippen LogP contribution >= 0.6 is 23.2 Å². The average Bonchev–Trinajstić information content (AvgIpc) is 2.81. The first-order chi connectivity index (χ1) is 11.1. The highest BCUT2D eigenvalue weighted by atomic mass is 35.5. The maximum atomic E-state index is 12.8. The molecule has 1 aromatic heterocycles. The molecule has 24 heavy (non-hydrogen) atoms. The summed E-state index contributed by atoms with van der Waals surface area (Å²) in [4.78, 5) is 3.14. The second kappa shape index (κ2) is 6.63. The van der Waals surface area contributed by atoms with Crippen LogP contribution in [0.3, 0.4) is 0 Å². The monoisotopic (exact) mass is 396 g/mol. The van der Waals surface area contributed by atoms with Gasteiger partial charge in [-0.2, -0.15) is 13.2 Å². The van der Waals surface area contributed by atoms with Crippen molar-refractivity contribution in [3.05, 3.63) is 39.2 Å². The number of nitrogens with zero attached hydrogens (tertiary/aromatic N) is 3. The third-order valence-electron chi connectivity index (χ3n) is 3.01. The molecule has 0 aliphatic carbocycles. The lowest BCUT2D eigenvalue weighted by atomic mass is 10.2. The second-order valence-electron chi connectivity index (χ2n) is 4.48. The number of rotatable bonds is 3. The molecule has 1 heterocycles. The number of halogens is 5. The third-order valence-corrected chi connectivity index (χ3v) is 4.96. The zero-order valence-electron chi connectivity index (χ0n) is 12.0. The van der Waals surface area contributed by atoms with Gasteiger partial charge in [-0.3, -0.25) is 4.21 Å². The van der Waals surface area contributed by atoms with Gasteiger partial charge in [0.1, 0.15) is 10.6 Å². The van der Waals surface area contributed by atoms with E-state index in [1.54, 1.807) is 6.92 Å². The second-order valence-corrected chi connectivity index (χ2v) is 6.97. The Labute approximate surface area is 147 Å². The van der Waals surface area contributed by atoms with Gasteiger partial charge in [0.25, 0.3) is 0 Å². The molecule has 1 aromatic carbocycles. The minimum Gasteiger partial charge on any atom is -0.382 e. The third kappa shape index (κ3) is 3.22. The molecular weight excluding hydrogens is 388 g/mol. The molecule has 0 aliphatic rings. The largest absolute Gasteiger partial charge is 0.416 e. The molecule has 0 amide bonds. The van der Waals surface area contributed by atoms with Gasteiger partial charge in [0.05, 0.1) is 15.6 Å². The molecule has 0 spiro atoms. The van der Waals surface area contributed by atoms with Gasteiger partial charge < -0.3 is 10.6 Å². The Morgan fingerprint density at radius 2 is 1.92 bits per heavy atom. The van der Waals surface area contributed by atoms with Crippen LogP contribution < -0.4 is 5.73 Å². The zero-order chi connectivity index (χ0) is 18.2. The van der Waals surface area contributed by atoms with Gasteiger partial charge in [-0.05, 0) is 17.2 Å². The van der Waals surface area contributed by atoms with Crippen LogP contribution in [0.5, 0.6) is 0 Å². The van der Waals surface area contributed by atoms with Crippen LogP contribution in [0.1, 0.15) is 12.5 Å². The van der Waals surface area contributed by atoms with Gasteiger partial charge in [-0.15, -0.1) is 4.68 Å². The lowest BCUT2D eigenvalue weighted by molar-refractivity contribution is -0.137. The summed E-state index contributed by atoms with van der Waals surface area (Å²) in [7, 11) is -1.59. The number of benzene rings is 1. The molecule has 2 rings (SSSR count). The van der Waals surface area contributed by atoms with E-state index < -0.39 is 22.5 Å². The predicted molar refractivity (Wildman–Crippen MR) is 86.2 cm³/mol. The first kappa shape index (κ1) is 18.6. The SMILES string of the molecule is [C-]#[N+]c1nn(-c2c(Cl)cc(C(F)(F)F)cc2Cl)c(N)c1S(=O)CC. The summed E-state index contributed by atoms with van der Waals surface area (Å²) in [5, 5.41) is 3.17. The summed E-state index contributed by atoms with van der Waals surface area (Å²) < 4.78 is 51.3. The number of hydrogen-bond donors (Lipinski definition) is 1. The van der Waals surface area contributed by atoms with Crippen LogP contribution in [0, 0.1) is 6.57 Å². The van der Waals surface area contributed by atoms with Crippen molar-refractivity contribution in [2.45, 2.75) is 18.0 Å². The summed E-state index contributed by atoms with van der Waals surface area (Å²) in [6, 6.07) is 1.36. The molecule has 2 N–H and O–H groups in total. The van der Waals surface area contributed by atoms with Crippen molar-refractivity contribution in [2.75, 3.05) is 11.5 Å². The van der Waals surface area contributed by atoms with E-state index >= 15 is 0 Å². The fraction of sp³-hybridized carbons (Fsp3) is 0.231. The topological polar surface area (TPSA) is 65.3 Å². The van der Waals surface area contributed by atoms with Crippen molar-refractivity contribution >= 4 is 45.6 Å². The summed E-state index contributed by atoms with van der Waals surface area (Å²) in [6.07, 6.45) is -4.63. The first-order valence-electron chi connectivity index (χ1n) is 6.32. The summed E-state index contributed by atoms with van der Waals surface area (Å²) >= 11 is 11.8. The van der Waals surface area contributed by atoms with Crippen molar-refractivity contribution in [1.29, 1.82) is 0 Å². The molecular formula is C13H9Cl2F3N4OS. The minimum absolute atomic E-state index is 0.000434. The van der Waals surface area contributed by atoms with Crippen LogP contribution in [0.25, 0.3) is 10.5 Å². The molecule has 128 valence electrons. The van der Waals surface area contributed by atoms with Crippen molar-refractivity contribution < 1.29 is 17.4 Å². The van der Waals surface area contributed by atoms with E-state index in [2.05, 4.69) is 9.94 Å². The van der Waals surface area contributed by atoms with Crippen molar-refractivity contribution in [2.24, 2.45) is 0 Å². The van der Waals surface area contributed by atoms with Crippen molar-refractivity contribution in [1.82, 2.24) is 9.78 Å². The number of nitrogens with two attached hydrogens (primary N) is 1. The Bertz CT molecular complexity index is 850. The van der Waals surface area contributed by atoms with Gasteiger partial charge in [-0.25, -0.2) is 0 Å². The van der Waals surface area contributed by atoms with Gasteiger partial charge >= 0.3 is 12.0 Å². The number of aromatic nitrogens is 2. The van der Waals surface area contributed by atoms with E-state index in [0.717, 1.165) is 4.68 Å². The van der Waals surface area contributed by atoms with Gasteiger partial charge in [0, 0.05) is 16.6 Å². The maximum absolute atomic E-state index is 12.8. The number of hydrogen-bond acceptors (Lipinski definition) is 3. The van der Waals surface area contributed by atoms with Gasteiger partial charge in [-0.1, -0.05) is 36.7 Å². The molecule has 11 heteroatoms. The molecule has 0 saturated carbocycles. The van der Waals surface area contributed by atoms with Crippen LogP contribution in [0.4, 0.5) is 24.8 Å². The molecule has 0 aliphatic heterocycles. The molecule has 0 saturated heterocycles. The Balaban J connectivity index is 2.73. The predicted octanol–water partition coefficient (Wildman–Crippen LogP) is 4.46. The smallest absolute Gasteiger partial charge is 0.382 e. The lowest BCUT2D eigenvalue weighted by Crippen LogP contribution is -2.09. The Hall–Kier alpha value is -1.76. The zero-order valence-corrected chi connectivity index (χ0v) is 14.3. The number of alkyl halides is 3. The quantitative estimate of drug-likeness (QED) is 0.778. The van der Waals surface area contributed by atoms with E-state index in [1.807, 2.05) is 0 Å². The molecule has 2 aromatic rings. The summed E-state index contributed by atoms with van der Waals surface area (Å²) in [6.45, 7) is 8.72.